The molecule has 0 unspecified atom stereocenters. The van der Waals surface area contributed by atoms with Crippen molar-refractivity contribution in [1.29, 1.82) is 0 Å². The van der Waals surface area contributed by atoms with Crippen molar-refractivity contribution in [2.45, 2.75) is 365 Å². The zero-order valence-corrected chi connectivity index (χ0v) is 65.7. The van der Waals surface area contributed by atoms with Gasteiger partial charge in [0.15, 0.2) is 0 Å². The summed E-state index contributed by atoms with van der Waals surface area (Å²) in [5.74, 6) is -1.56. The van der Waals surface area contributed by atoms with Gasteiger partial charge in [0.25, 0.3) is 23.9 Å². The molecule has 0 atom stereocenters. The molecule has 1 rings (SSSR count). The van der Waals surface area contributed by atoms with Gasteiger partial charge in [-0.05, 0) is 90.9 Å². The van der Waals surface area contributed by atoms with E-state index in [4.69, 9.17) is 28.4 Å². The monoisotopic (exact) mass is 1370 g/mol. The Morgan fingerprint density at radius 3 is 0.722 bits per heavy atom. The van der Waals surface area contributed by atoms with Crippen LogP contribution in [0.25, 0.3) is 0 Å². The van der Waals surface area contributed by atoms with Gasteiger partial charge in [-0.15, -0.1) is 0 Å². The summed E-state index contributed by atoms with van der Waals surface area (Å²) in [7, 11) is 6.15. The second-order valence-corrected chi connectivity index (χ2v) is 31.5. The summed E-state index contributed by atoms with van der Waals surface area (Å²) in [4.78, 5) is 84.6. The molecule has 0 heterocycles. The van der Waals surface area contributed by atoms with E-state index >= 15 is 0 Å². The van der Waals surface area contributed by atoms with Gasteiger partial charge in [-0.3, -0.25) is 24.0 Å². The fraction of sp³-hybridized carbons (Fsp3) is 0.845. The number of likely N-dealkylation sites (N-methyl/N-ethyl adjacent to an activating group) is 1. The standard InChI is InChI=1S/C75H135O10.C9H18NO2/c1-61(2)51-41-31-21-11-16-26-36-46-56-81-71(76)66-67(72(77)82-57-47-37-27-17-12-22-32-42-52-62(3)4)69(74(79)84-59-49-39-29-19-14-24-34-44-54-64(7)8)70(75(80)85-60-50-40-30-20-15-25-35-45-55-65(9)10)68(66)73(78)83-58-48-38-28-18-13-23-33-43-53-63(5)6;1-8(2)9(11)12-7-6-10(3,4)5/h61-65H,11-60H2,1-10H3;1,6-7H2,2-5H3/q-1;+1. The van der Waals surface area contributed by atoms with Crippen LogP contribution in [0.15, 0.2) is 12.2 Å². The quantitative estimate of drug-likeness (QED) is 0.0152. The van der Waals surface area contributed by atoms with Gasteiger partial charge in [-0.2, -0.15) is 0 Å². The van der Waals surface area contributed by atoms with Gasteiger partial charge in [0.05, 0.1) is 54.2 Å². The maximum absolute atomic E-state index is 14.7. The molecule has 0 saturated carbocycles. The van der Waals surface area contributed by atoms with E-state index in [0.29, 0.717) is 44.3 Å². The molecule has 566 valence electrons. The molecule has 0 radical (unpaired) electrons. The highest BCUT2D eigenvalue weighted by Gasteiger charge is 2.36. The van der Waals surface area contributed by atoms with Gasteiger partial charge in [-0.25, -0.2) is 4.79 Å². The van der Waals surface area contributed by atoms with E-state index in [2.05, 4.69) is 97.0 Å². The average Bonchev–Trinajstić information content (AvgIpc) is 1.59. The lowest BCUT2D eigenvalue weighted by molar-refractivity contribution is -0.870. The van der Waals surface area contributed by atoms with Crippen LogP contribution in [0.1, 0.15) is 417 Å². The van der Waals surface area contributed by atoms with E-state index in [-0.39, 0.29) is 39.0 Å². The predicted octanol–water partition coefficient (Wildman–Crippen LogP) is 23.8. The summed E-state index contributed by atoms with van der Waals surface area (Å²) < 4.78 is 35.5. The first-order valence-corrected chi connectivity index (χ1v) is 40.3. The molecule has 1 aromatic rings. The second kappa shape index (κ2) is 61.7. The summed E-state index contributed by atoms with van der Waals surface area (Å²) >= 11 is 0. The zero-order chi connectivity index (χ0) is 72.3. The summed E-state index contributed by atoms with van der Waals surface area (Å²) in [5, 5.41) is 0. The summed E-state index contributed by atoms with van der Waals surface area (Å²) in [6.07, 6.45) is 48.2. The molecular weight excluding hydrogens is 1210 g/mol. The Morgan fingerprint density at radius 1 is 0.299 bits per heavy atom. The Hall–Kier alpha value is -4.13. The van der Waals surface area contributed by atoms with Crippen molar-refractivity contribution in [2.24, 2.45) is 29.6 Å². The topological polar surface area (TPSA) is 158 Å². The van der Waals surface area contributed by atoms with Crippen LogP contribution in [0.2, 0.25) is 0 Å². The number of esters is 6. The Balaban J connectivity index is 0.00000692. The molecular formula is C84H153NO12. The number of hydrogen-bond donors (Lipinski definition) is 0. The van der Waals surface area contributed by atoms with E-state index in [1.807, 2.05) is 0 Å². The molecule has 0 spiro atoms. The van der Waals surface area contributed by atoms with Crippen molar-refractivity contribution in [1.82, 2.24) is 0 Å². The number of nitrogens with zero attached hydrogens (tertiary/aromatic N) is 1. The van der Waals surface area contributed by atoms with Gasteiger partial charge in [-0.1, -0.05) is 333 Å². The fourth-order valence-electron chi connectivity index (χ4n) is 11.9. The number of unbranched alkanes of at least 4 members (excludes halogenated alkanes) is 35. The Kier molecular flexibility index (Phi) is 59.1. The van der Waals surface area contributed by atoms with E-state index in [9.17, 15) is 28.8 Å². The number of rotatable bonds is 64. The molecule has 0 N–H and O–H groups in total. The van der Waals surface area contributed by atoms with E-state index in [0.717, 1.165) is 169 Å². The first-order chi connectivity index (χ1) is 46.4. The lowest BCUT2D eigenvalue weighted by atomic mass is 10.0. The van der Waals surface area contributed by atoms with Crippen molar-refractivity contribution in [2.75, 3.05) is 67.3 Å². The Bertz CT molecular complexity index is 1830. The van der Waals surface area contributed by atoms with Crippen LogP contribution in [-0.2, 0) is 33.2 Å². The number of quaternary nitrogens is 1. The van der Waals surface area contributed by atoms with Gasteiger partial charge in [0.1, 0.15) is 13.2 Å². The molecule has 0 bridgehead atoms. The van der Waals surface area contributed by atoms with Crippen LogP contribution in [0.3, 0.4) is 0 Å². The SMILES string of the molecule is C=C(C)C(=O)OCC[N+](C)(C)C.CC(C)CCCCCCCCCCOC(=O)c1c(C(=O)OCCCCCCCCCCC(C)C)c(C(=O)OCCCCCCCCCCC(C)C)[c-](C(=O)OCCCCCCCCCCC(C)C)c1C(=O)OCCCCCCCCCCC(C)C. The highest BCUT2D eigenvalue weighted by atomic mass is 16.6. The van der Waals surface area contributed by atoms with Crippen LogP contribution in [0.4, 0.5) is 0 Å². The normalized spacial score (nSPS) is 11.6. The van der Waals surface area contributed by atoms with Crippen LogP contribution in [0.5, 0.6) is 0 Å². The van der Waals surface area contributed by atoms with Gasteiger partial charge in [0, 0.05) is 11.1 Å². The van der Waals surface area contributed by atoms with Gasteiger partial charge in [0.2, 0.25) is 0 Å². The maximum Gasteiger partial charge on any atom is 0.333 e. The first-order valence-electron chi connectivity index (χ1n) is 40.3. The molecule has 0 aliphatic rings. The minimum Gasteiger partial charge on any atom is -0.497 e. The van der Waals surface area contributed by atoms with Crippen LogP contribution in [0, 0.1) is 29.6 Å². The molecule has 0 aliphatic carbocycles. The highest BCUT2D eigenvalue weighted by Crippen LogP contribution is 2.34. The van der Waals surface area contributed by atoms with E-state index in [1.165, 1.54) is 128 Å². The van der Waals surface area contributed by atoms with Crippen molar-refractivity contribution in [3.63, 3.8) is 0 Å². The molecule has 0 saturated heterocycles. The molecule has 0 aromatic heterocycles. The van der Waals surface area contributed by atoms with E-state index in [1.54, 1.807) is 6.92 Å². The Labute approximate surface area is 596 Å². The van der Waals surface area contributed by atoms with Crippen LogP contribution in [-0.4, -0.2) is 108 Å². The average molecular weight is 1370 g/mol. The molecule has 13 nitrogen and oxygen atoms in total. The number of ether oxygens (including phenoxy) is 6. The molecule has 1 aromatic carbocycles. The van der Waals surface area contributed by atoms with Crippen LogP contribution < -0.4 is 0 Å². The highest BCUT2D eigenvalue weighted by molar-refractivity contribution is 6.23. The van der Waals surface area contributed by atoms with Crippen molar-refractivity contribution >= 4 is 35.8 Å². The third-order valence-corrected chi connectivity index (χ3v) is 18.2. The predicted molar refractivity (Wildman–Crippen MR) is 404 cm³/mol. The van der Waals surface area contributed by atoms with Crippen molar-refractivity contribution in [3.05, 3.63) is 40.0 Å². The zero-order valence-electron chi connectivity index (χ0n) is 65.7. The lowest BCUT2D eigenvalue weighted by Crippen LogP contribution is -2.38. The number of hydrogen-bond acceptors (Lipinski definition) is 12. The van der Waals surface area contributed by atoms with Crippen molar-refractivity contribution in [3.8, 4) is 0 Å². The van der Waals surface area contributed by atoms with Crippen LogP contribution >= 0.6 is 0 Å². The third kappa shape index (κ3) is 54.3. The van der Waals surface area contributed by atoms with Gasteiger partial charge >= 0.3 is 11.9 Å². The maximum atomic E-state index is 14.7. The number of carbonyl (C=O) groups is 6. The molecule has 13 heteroatoms. The second-order valence-electron chi connectivity index (χ2n) is 31.5. The smallest absolute Gasteiger partial charge is 0.333 e. The summed E-state index contributed by atoms with van der Waals surface area (Å²) in [6, 6.07) is 0. The minimum absolute atomic E-state index is 0.0340. The molecule has 0 aliphatic heterocycles. The lowest BCUT2D eigenvalue weighted by Gasteiger charge is -2.23. The van der Waals surface area contributed by atoms with Gasteiger partial charge < -0.3 is 32.9 Å². The minimum atomic E-state index is -0.979. The molecule has 97 heavy (non-hydrogen) atoms. The largest absolute Gasteiger partial charge is 0.497 e. The van der Waals surface area contributed by atoms with E-state index < -0.39 is 57.7 Å². The third-order valence-electron chi connectivity index (χ3n) is 18.2. The number of carbonyl (C=O) groups excluding carboxylic acids is 6. The Morgan fingerprint density at radius 2 is 0.505 bits per heavy atom. The summed E-state index contributed by atoms with van der Waals surface area (Å²) in [6.45, 7) is 29.3. The first kappa shape index (κ1) is 92.9. The summed E-state index contributed by atoms with van der Waals surface area (Å²) in [5.41, 5.74) is -1.94. The van der Waals surface area contributed by atoms with Crippen molar-refractivity contribution < 1.29 is 61.7 Å². The molecule has 0 fully saturated rings. The molecule has 0 amide bonds. The fourth-order valence-corrected chi connectivity index (χ4v) is 11.9.